The number of nitrogens with zero attached hydrogens (tertiary/aromatic N) is 4. The van der Waals surface area contributed by atoms with Crippen LogP contribution in [0.25, 0.3) is 0 Å². The molecule has 2 amide bonds. The van der Waals surface area contributed by atoms with Gasteiger partial charge in [-0.15, -0.1) is 0 Å². The lowest BCUT2D eigenvalue weighted by molar-refractivity contribution is -0.144. The van der Waals surface area contributed by atoms with Crippen LogP contribution in [-0.2, 0) is 25.7 Å². The van der Waals surface area contributed by atoms with E-state index in [2.05, 4.69) is 10.1 Å². The molecule has 8 heteroatoms. The predicted molar refractivity (Wildman–Crippen MR) is 94.3 cm³/mol. The Labute approximate surface area is 152 Å². The maximum Gasteiger partial charge on any atom is 0.271 e. The SMILES string of the molecule is COCC(=O)N1CCCC2(CC(C(=O)N(C)Cc3ccccn3)=NO2)C1. The second-order valence-electron chi connectivity index (χ2n) is 6.82. The van der Waals surface area contributed by atoms with Gasteiger partial charge in [0.15, 0.2) is 5.60 Å². The molecule has 140 valence electrons. The molecule has 2 aliphatic rings. The van der Waals surface area contributed by atoms with E-state index in [9.17, 15) is 9.59 Å². The quantitative estimate of drug-likeness (QED) is 0.776. The monoisotopic (exact) mass is 360 g/mol. The lowest BCUT2D eigenvalue weighted by Gasteiger charge is -2.38. The topological polar surface area (TPSA) is 84.3 Å². The zero-order valence-corrected chi connectivity index (χ0v) is 15.2. The van der Waals surface area contributed by atoms with Crippen molar-refractivity contribution in [1.29, 1.82) is 0 Å². The second-order valence-corrected chi connectivity index (χ2v) is 6.82. The second kappa shape index (κ2) is 7.82. The number of carbonyl (C=O) groups is 2. The summed E-state index contributed by atoms with van der Waals surface area (Å²) in [7, 11) is 3.22. The summed E-state index contributed by atoms with van der Waals surface area (Å²) in [6.45, 7) is 1.56. The highest BCUT2D eigenvalue weighted by atomic mass is 16.7. The van der Waals surface area contributed by atoms with Crippen LogP contribution in [0, 0.1) is 0 Å². The minimum atomic E-state index is -0.599. The van der Waals surface area contributed by atoms with E-state index in [4.69, 9.17) is 9.57 Å². The fraction of sp³-hybridized carbons (Fsp3) is 0.556. The Morgan fingerprint density at radius 2 is 2.27 bits per heavy atom. The highest BCUT2D eigenvalue weighted by Gasteiger charge is 2.45. The number of amides is 2. The molecule has 1 fully saturated rings. The standard InChI is InChI=1S/C18H24N4O4/c1-21(11-14-6-3-4-8-19-14)17(24)15-10-18(26-20-15)7-5-9-22(13-18)16(23)12-25-2/h3-4,6,8H,5,7,9-13H2,1-2H3. The molecule has 1 aromatic heterocycles. The average Bonchev–Trinajstić information content (AvgIpc) is 3.05. The third-order valence-corrected chi connectivity index (χ3v) is 4.72. The fourth-order valence-corrected chi connectivity index (χ4v) is 3.41. The molecule has 0 radical (unpaired) electrons. The van der Waals surface area contributed by atoms with Gasteiger partial charge in [0, 0.05) is 33.3 Å². The van der Waals surface area contributed by atoms with Gasteiger partial charge in [0.2, 0.25) is 5.91 Å². The summed E-state index contributed by atoms with van der Waals surface area (Å²) in [6.07, 6.45) is 3.70. The van der Waals surface area contributed by atoms with Crippen LogP contribution in [0.3, 0.4) is 0 Å². The molecule has 8 nitrogen and oxygen atoms in total. The highest BCUT2D eigenvalue weighted by Crippen LogP contribution is 2.33. The van der Waals surface area contributed by atoms with Gasteiger partial charge < -0.3 is 19.4 Å². The van der Waals surface area contributed by atoms with Crippen LogP contribution < -0.4 is 0 Å². The van der Waals surface area contributed by atoms with E-state index in [1.807, 2.05) is 18.2 Å². The van der Waals surface area contributed by atoms with Crippen LogP contribution in [-0.4, -0.2) is 71.8 Å². The number of rotatable bonds is 5. The summed E-state index contributed by atoms with van der Waals surface area (Å²) in [5.74, 6) is -0.241. The molecular formula is C18H24N4O4. The number of hydrogen-bond acceptors (Lipinski definition) is 6. The van der Waals surface area contributed by atoms with Gasteiger partial charge in [-0.1, -0.05) is 11.2 Å². The average molecular weight is 360 g/mol. The molecular weight excluding hydrogens is 336 g/mol. The van der Waals surface area contributed by atoms with Crippen LogP contribution in [0.4, 0.5) is 0 Å². The van der Waals surface area contributed by atoms with Crippen LogP contribution in [0.2, 0.25) is 0 Å². The maximum atomic E-state index is 12.7. The molecule has 1 aromatic rings. The number of piperidine rings is 1. The van der Waals surface area contributed by atoms with Crippen molar-refractivity contribution in [2.45, 2.75) is 31.4 Å². The smallest absolute Gasteiger partial charge is 0.271 e. The first-order valence-corrected chi connectivity index (χ1v) is 8.70. The number of oxime groups is 1. The number of carbonyl (C=O) groups excluding carboxylic acids is 2. The van der Waals surface area contributed by atoms with Gasteiger partial charge >= 0.3 is 0 Å². The lowest BCUT2D eigenvalue weighted by Crippen LogP contribution is -2.51. The van der Waals surface area contributed by atoms with Crippen LogP contribution in [0.5, 0.6) is 0 Å². The minimum absolute atomic E-state index is 0.0511. The molecule has 0 bridgehead atoms. The summed E-state index contributed by atoms with van der Waals surface area (Å²) < 4.78 is 4.93. The van der Waals surface area contributed by atoms with Crippen LogP contribution in [0.15, 0.2) is 29.6 Å². The van der Waals surface area contributed by atoms with Gasteiger partial charge in [-0.2, -0.15) is 0 Å². The number of ether oxygens (including phenoxy) is 1. The molecule has 0 aliphatic carbocycles. The first-order valence-electron chi connectivity index (χ1n) is 8.70. The molecule has 3 heterocycles. The zero-order chi connectivity index (χ0) is 18.6. The van der Waals surface area contributed by atoms with E-state index < -0.39 is 5.60 Å². The number of likely N-dealkylation sites (tertiary alicyclic amines) is 1. The Morgan fingerprint density at radius 1 is 1.42 bits per heavy atom. The Kier molecular flexibility index (Phi) is 5.51. The van der Waals surface area contributed by atoms with Gasteiger partial charge in [0.05, 0.1) is 18.8 Å². The summed E-state index contributed by atoms with van der Waals surface area (Å²) in [6, 6.07) is 5.60. The molecule has 0 N–H and O–H groups in total. The van der Waals surface area contributed by atoms with E-state index in [1.165, 1.54) is 7.11 Å². The van der Waals surface area contributed by atoms with Gasteiger partial charge in [-0.3, -0.25) is 14.6 Å². The van der Waals surface area contributed by atoms with Crippen molar-refractivity contribution in [3.8, 4) is 0 Å². The van der Waals surface area contributed by atoms with E-state index in [-0.39, 0.29) is 18.4 Å². The number of hydrogen-bond donors (Lipinski definition) is 0. The Morgan fingerprint density at radius 3 is 3.00 bits per heavy atom. The Bertz CT molecular complexity index is 694. The third-order valence-electron chi connectivity index (χ3n) is 4.72. The molecule has 0 aromatic carbocycles. The number of methoxy groups -OCH3 is 1. The third kappa shape index (κ3) is 4.01. The molecule has 0 saturated carbocycles. The zero-order valence-electron chi connectivity index (χ0n) is 15.2. The maximum absolute atomic E-state index is 12.7. The molecule has 1 spiro atoms. The summed E-state index contributed by atoms with van der Waals surface area (Å²) in [5.41, 5.74) is 0.606. The van der Waals surface area contributed by atoms with Gasteiger partial charge in [-0.05, 0) is 25.0 Å². The summed E-state index contributed by atoms with van der Waals surface area (Å²) in [5, 5.41) is 4.05. The minimum Gasteiger partial charge on any atom is -0.386 e. The van der Waals surface area contributed by atoms with E-state index in [1.54, 1.807) is 23.0 Å². The summed E-state index contributed by atoms with van der Waals surface area (Å²) >= 11 is 0. The van der Waals surface area contributed by atoms with Crippen molar-refractivity contribution in [2.75, 3.05) is 33.9 Å². The lowest BCUT2D eigenvalue weighted by atomic mass is 9.88. The fourth-order valence-electron chi connectivity index (χ4n) is 3.41. The van der Waals surface area contributed by atoms with Crippen molar-refractivity contribution in [3.63, 3.8) is 0 Å². The van der Waals surface area contributed by atoms with Gasteiger partial charge in [0.1, 0.15) is 12.3 Å². The first-order chi connectivity index (χ1) is 12.5. The largest absolute Gasteiger partial charge is 0.386 e. The molecule has 2 aliphatic heterocycles. The molecule has 3 rings (SSSR count). The molecule has 1 saturated heterocycles. The summed E-state index contributed by atoms with van der Waals surface area (Å²) in [4.78, 5) is 38.0. The normalized spacial score (nSPS) is 22.1. The molecule has 1 unspecified atom stereocenters. The van der Waals surface area contributed by atoms with E-state index >= 15 is 0 Å². The van der Waals surface area contributed by atoms with Crippen molar-refractivity contribution < 1.29 is 19.2 Å². The van der Waals surface area contributed by atoms with Crippen molar-refractivity contribution in [3.05, 3.63) is 30.1 Å². The van der Waals surface area contributed by atoms with Crippen molar-refractivity contribution in [1.82, 2.24) is 14.8 Å². The predicted octanol–water partition coefficient (Wildman–Crippen LogP) is 0.824. The van der Waals surface area contributed by atoms with Crippen molar-refractivity contribution >= 4 is 17.5 Å². The molecule has 1 atom stereocenters. The van der Waals surface area contributed by atoms with Crippen LogP contribution in [0.1, 0.15) is 25.0 Å². The number of pyridine rings is 1. The van der Waals surface area contributed by atoms with E-state index in [0.717, 1.165) is 18.5 Å². The Balaban J connectivity index is 1.60. The first kappa shape index (κ1) is 18.3. The van der Waals surface area contributed by atoms with Crippen molar-refractivity contribution in [2.24, 2.45) is 5.16 Å². The molecule has 26 heavy (non-hydrogen) atoms. The van der Waals surface area contributed by atoms with Gasteiger partial charge in [0.25, 0.3) is 5.91 Å². The van der Waals surface area contributed by atoms with E-state index in [0.29, 0.717) is 31.8 Å². The number of aromatic nitrogens is 1. The highest BCUT2D eigenvalue weighted by molar-refractivity contribution is 6.39. The van der Waals surface area contributed by atoms with Crippen LogP contribution >= 0.6 is 0 Å². The Hall–Kier alpha value is -2.48. The van der Waals surface area contributed by atoms with Gasteiger partial charge in [-0.25, -0.2) is 0 Å².